The molecule has 1 fully saturated rings. The number of hydrogen-bond acceptors (Lipinski definition) is 4. The molecule has 0 bridgehead atoms. The summed E-state index contributed by atoms with van der Waals surface area (Å²) in [6.45, 7) is 2.97. The highest BCUT2D eigenvalue weighted by molar-refractivity contribution is 5.93. The van der Waals surface area contributed by atoms with Crippen LogP contribution in [0.4, 0.5) is 5.69 Å². The van der Waals surface area contributed by atoms with Crippen LogP contribution in [0.1, 0.15) is 51.3 Å². The number of aromatic nitrogens is 3. The van der Waals surface area contributed by atoms with E-state index in [4.69, 9.17) is 5.73 Å². The summed E-state index contributed by atoms with van der Waals surface area (Å²) in [4.78, 5) is 12.7. The van der Waals surface area contributed by atoms with Crippen molar-refractivity contribution >= 4 is 11.6 Å². The Bertz CT molecular complexity index is 793. The summed E-state index contributed by atoms with van der Waals surface area (Å²) >= 11 is 0. The van der Waals surface area contributed by atoms with Gasteiger partial charge in [-0.2, -0.15) is 0 Å². The lowest BCUT2D eigenvalue weighted by Gasteiger charge is -2.37. The molecule has 2 unspecified atom stereocenters. The zero-order chi connectivity index (χ0) is 18.1. The van der Waals surface area contributed by atoms with Gasteiger partial charge in [0.2, 0.25) is 5.91 Å². The Morgan fingerprint density at radius 1 is 1.19 bits per heavy atom. The molecule has 138 valence electrons. The first kappa shape index (κ1) is 17.2. The Kier molecular flexibility index (Phi) is 4.53. The second-order valence-corrected chi connectivity index (χ2v) is 7.92. The van der Waals surface area contributed by atoms with E-state index in [9.17, 15) is 4.79 Å². The summed E-state index contributed by atoms with van der Waals surface area (Å²) in [6.07, 6.45) is 7.30. The molecule has 1 aliphatic carbocycles. The van der Waals surface area contributed by atoms with Gasteiger partial charge in [-0.1, -0.05) is 12.8 Å². The fourth-order valence-electron chi connectivity index (χ4n) is 4.24. The average molecular weight is 353 g/mol. The maximum atomic E-state index is 12.7. The quantitative estimate of drug-likeness (QED) is 0.888. The van der Waals surface area contributed by atoms with E-state index in [1.165, 1.54) is 12.8 Å². The zero-order valence-corrected chi connectivity index (χ0v) is 15.4. The molecule has 0 radical (unpaired) electrons. The van der Waals surface area contributed by atoms with Crippen molar-refractivity contribution in [1.82, 2.24) is 14.8 Å². The second kappa shape index (κ2) is 6.83. The average Bonchev–Trinajstić information content (AvgIpc) is 3.06. The minimum Gasteiger partial charge on any atom is -0.326 e. The van der Waals surface area contributed by atoms with Gasteiger partial charge in [-0.05, 0) is 56.9 Å². The summed E-state index contributed by atoms with van der Waals surface area (Å²) < 4.78 is 2.21. The Hall–Kier alpha value is -2.21. The van der Waals surface area contributed by atoms with Crippen molar-refractivity contribution in [2.75, 3.05) is 5.32 Å². The van der Waals surface area contributed by atoms with Gasteiger partial charge in [0.15, 0.2) is 5.82 Å². The van der Waals surface area contributed by atoms with Gasteiger partial charge in [0.05, 0.1) is 5.92 Å². The van der Waals surface area contributed by atoms with Crippen LogP contribution in [0.15, 0.2) is 24.3 Å². The molecular weight excluding hydrogens is 326 g/mol. The maximum Gasteiger partial charge on any atom is 0.229 e. The van der Waals surface area contributed by atoms with Crippen molar-refractivity contribution in [2.45, 2.75) is 64.0 Å². The van der Waals surface area contributed by atoms with Gasteiger partial charge in [0, 0.05) is 29.8 Å². The molecule has 1 aromatic heterocycles. The molecule has 1 amide bonds. The third kappa shape index (κ3) is 3.26. The summed E-state index contributed by atoms with van der Waals surface area (Å²) in [7, 11) is 0. The van der Waals surface area contributed by atoms with Crippen molar-refractivity contribution in [3.05, 3.63) is 30.1 Å². The third-order valence-electron chi connectivity index (χ3n) is 5.84. The number of amides is 1. The molecule has 1 saturated carbocycles. The fourth-order valence-corrected chi connectivity index (χ4v) is 4.24. The number of aryl methyl sites for hydroxylation is 1. The molecule has 0 saturated heterocycles. The largest absolute Gasteiger partial charge is 0.326 e. The molecule has 3 N–H and O–H groups in total. The standard InChI is InChI=1S/C20H27N5O/c1-20(21)12-4-2-6-16(20)19(26)22-15-10-8-14(9-11-15)18-24-23-17-7-3-5-13-25(17)18/h8-11,16H,2-7,12-13,21H2,1H3,(H,22,26). The SMILES string of the molecule is CC1(N)CCCCC1C(=O)Nc1ccc(-c2nnc3n2CCCC3)cc1. The van der Waals surface area contributed by atoms with Crippen molar-refractivity contribution in [2.24, 2.45) is 11.7 Å². The highest BCUT2D eigenvalue weighted by atomic mass is 16.1. The number of anilines is 1. The highest BCUT2D eigenvalue weighted by Gasteiger charge is 2.37. The van der Waals surface area contributed by atoms with Crippen LogP contribution in [0.2, 0.25) is 0 Å². The van der Waals surface area contributed by atoms with E-state index in [1.54, 1.807) is 0 Å². The monoisotopic (exact) mass is 353 g/mol. The first-order chi connectivity index (χ1) is 12.5. The molecule has 2 aromatic rings. The Balaban J connectivity index is 1.48. The van der Waals surface area contributed by atoms with Crippen LogP contribution >= 0.6 is 0 Å². The molecule has 4 rings (SSSR count). The molecule has 6 nitrogen and oxygen atoms in total. The number of nitrogens with one attached hydrogen (secondary N) is 1. The fraction of sp³-hybridized carbons (Fsp3) is 0.550. The van der Waals surface area contributed by atoms with Crippen LogP contribution in [-0.4, -0.2) is 26.2 Å². The first-order valence-corrected chi connectivity index (χ1v) is 9.67. The molecule has 0 spiro atoms. The van der Waals surface area contributed by atoms with Gasteiger partial charge in [0.25, 0.3) is 0 Å². The number of carbonyl (C=O) groups is 1. The number of fused-ring (bicyclic) bond motifs is 1. The number of carbonyl (C=O) groups excluding carboxylic acids is 1. The lowest BCUT2D eigenvalue weighted by Crippen LogP contribution is -2.51. The Morgan fingerprint density at radius 3 is 2.77 bits per heavy atom. The molecule has 6 heteroatoms. The molecular formula is C20H27N5O. The molecule has 2 aliphatic rings. The molecule has 26 heavy (non-hydrogen) atoms. The lowest BCUT2D eigenvalue weighted by atomic mass is 9.74. The second-order valence-electron chi connectivity index (χ2n) is 7.92. The van der Waals surface area contributed by atoms with Gasteiger partial charge < -0.3 is 15.6 Å². The number of nitrogens with two attached hydrogens (primary N) is 1. The topological polar surface area (TPSA) is 85.8 Å². The predicted molar refractivity (Wildman–Crippen MR) is 102 cm³/mol. The predicted octanol–water partition coefficient (Wildman–Crippen LogP) is 3.13. The number of benzene rings is 1. The minimum atomic E-state index is -0.414. The van der Waals surface area contributed by atoms with Gasteiger partial charge in [0.1, 0.15) is 5.82 Å². The number of rotatable bonds is 3. The van der Waals surface area contributed by atoms with E-state index in [1.807, 2.05) is 31.2 Å². The van der Waals surface area contributed by atoms with Crippen LogP contribution in [-0.2, 0) is 17.8 Å². The smallest absolute Gasteiger partial charge is 0.229 e. The lowest BCUT2D eigenvalue weighted by molar-refractivity contribution is -0.122. The zero-order valence-electron chi connectivity index (χ0n) is 15.4. The van der Waals surface area contributed by atoms with E-state index in [2.05, 4.69) is 20.1 Å². The van der Waals surface area contributed by atoms with E-state index in [0.29, 0.717) is 0 Å². The number of hydrogen-bond donors (Lipinski definition) is 2. The van der Waals surface area contributed by atoms with E-state index in [0.717, 1.165) is 61.5 Å². The van der Waals surface area contributed by atoms with Crippen LogP contribution in [0.3, 0.4) is 0 Å². The molecule has 1 aliphatic heterocycles. The Labute approximate surface area is 154 Å². The third-order valence-corrected chi connectivity index (χ3v) is 5.84. The first-order valence-electron chi connectivity index (χ1n) is 9.67. The van der Waals surface area contributed by atoms with E-state index < -0.39 is 5.54 Å². The Morgan fingerprint density at radius 2 is 2.00 bits per heavy atom. The van der Waals surface area contributed by atoms with Crippen LogP contribution < -0.4 is 11.1 Å². The minimum absolute atomic E-state index is 0.0299. The van der Waals surface area contributed by atoms with Crippen LogP contribution in [0.25, 0.3) is 11.4 Å². The van der Waals surface area contributed by atoms with Gasteiger partial charge in [-0.3, -0.25) is 4.79 Å². The van der Waals surface area contributed by atoms with Gasteiger partial charge >= 0.3 is 0 Å². The van der Waals surface area contributed by atoms with Crippen LogP contribution in [0, 0.1) is 5.92 Å². The maximum absolute atomic E-state index is 12.7. The number of nitrogens with zero attached hydrogens (tertiary/aromatic N) is 3. The van der Waals surface area contributed by atoms with Gasteiger partial charge in [-0.25, -0.2) is 0 Å². The van der Waals surface area contributed by atoms with Crippen molar-refractivity contribution in [1.29, 1.82) is 0 Å². The van der Waals surface area contributed by atoms with E-state index in [-0.39, 0.29) is 11.8 Å². The van der Waals surface area contributed by atoms with Crippen molar-refractivity contribution < 1.29 is 4.79 Å². The van der Waals surface area contributed by atoms with Crippen molar-refractivity contribution in [3.63, 3.8) is 0 Å². The summed E-state index contributed by atoms with van der Waals surface area (Å²) in [5.41, 5.74) is 7.77. The normalized spacial score (nSPS) is 25.5. The molecule has 2 heterocycles. The van der Waals surface area contributed by atoms with Crippen molar-refractivity contribution in [3.8, 4) is 11.4 Å². The summed E-state index contributed by atoms with van der Waals surface area (Å²) in [5.74, 6) is 1.89. The summed E-state index contributed by atoms with van der Waals surface area (Å²) in [6, 6.07) is 7.89. The molecule has 2 atom stereocenters. The van der Waals surface area contributed by atoms with Gasteiger partial charge in [-0.15, -0.1) is 10.2 Å². The molecule has 1 aromatic carbocycles. The highest BCUT2D eigenvalue weighted by Crippen LogP contribution is 2.32. The van der Waals surface area contributed by atoms with E-state index >= 15 is 0 Å². The summed E-state index contributed by atoms with van der Waals surface area (Å²) in [5, 5.41) is 11.7. The van der Waals surface area contributed by atoms with Crippen LogP contribution in [0.5, 0.6) is 0 Å².